The number of hydrogen-bond acceptors (Lipinski definition) is 7. The third-order valence-corrected chi connectivity index (χ3v) is 7.71. The second-order valence-corrected chi connectivity index (χ2v) is 12.3. The number of benzene rings is 1. The van der Waals surface area contributed by atoms with Crippen molar-refractivity contribution in [2.45, 2.75) is 65.3 Å². The molecular formula is C28H35BClN3O5. The number of carbonyl (C=O) groups excluding carboxylic acids is 1. The van der Waals surface area contributed by atoms with Gasteiger partial charge in [-0.2, -0.15) is 0 Å². The van der Waals surface area contributed by atoms with E-state index in [1.165, 1.54) is 0 Å². The normalized spacial score (nSPS) is 19.3. The molecule has 0 N–H and O–H groups in total. The average molecular weight is 540 g/mol. The molecule has 2 aliphatic rings. The minimum atomic E-state index is -0.671. The maximum Gasteiger partial charge on any atom is 0.496 e. The number of hydrogen-bond donors (Lipinski definition) is 0. The van der Waals surface area contributed by atoms with E-state index in [4.69, 9.17) is 35.4 Å². The first-order valence-electron chi connectivity index (χ1n) is 13.0. The van der Waals surface area contributed by atoms with Gasteiger partial charge in [-0.05, 0) is 72.7 Å². The molecule has 0 radical (unpaired) electrons. The minimum Gasteiger partial charge on any atom is -0.443 e. The highest BCUT2D eigenvalue weighted by Crippen LogP contribution is 2.38. The molecular weight excluding hydrogens is 505 g/mol. The van der Waals surface area contributed by atoms with Crippen molar-refractivity contribution in [1.82, 2.24) is 9.55 Å². The van der Waals surface area contributed by atoms with E-state index >= 15 is 0 Å². The maximum absolute atomic E-state index is 13.5. The van der Waals surface area contributed by atoms with E-state index in [-0.39, 0.29) is 0 Å². The summed E-state index contributed by atoms with van der Waals surface area (Å²) < 4.78 is 25.3. The Balaban J connectivity index is 1.59. The summed E-state index contributed by atoms with van der Waals surface area (Å²) in [5, 5.41) is 1.27. The van der Waals surface area contributed by atoms with Crippen LogP contribution in [-0.4, -0.2) is 65.9 Å². The Morgan fingerprint density at radius 2 is 1.71 bits per heavy atom. The van der Waals surface area contributed by atoms with Crippen molar-refractivity contribution >= 4 is 47.0 Å². The molecule has 0 aliphatic carbocycles. The van der Waals surface area contributed by atoms with Crippen molar-refractivity contribution in [1.29, 1.82) is 0 Å². The number of halogens is 1. The van der Waals surface area contributed by atoms with Gasteiger partial charge < -0.3 is 23.7 Å². The molecule has 3 aromatic rings. The highest BCUT2D eigenvalue weighted by atomic mass is 35.5. The third kappa shape index (κ3) is 5.05. The lowest BCUT2D eigenvalue weighted by Crippen LogP contribution is -2.41. The van der Waals surface area contributed by atoms with Gasteiger partial charge in [-0.15, -0.1) is 0 Å². The Morgan fingerprint density at radius 1 is 1.05 bits per heavy atom. The second-order valence-electron chi connectivity index (χ2n) is 11.9. The molecule has 0 amide bonds. The highest BCUT2D eigenvalue weighted by molar-refractivity contribution is 6.66. The molecule has 0 spiro atoms. The summed E-state index contributed by atoms with van der Waals surface area (Å²) >= 11 is 6.79. The van der Waals surface area contributed by atoms with E-state index in [1.807, 2.05) is 72.7 Å². The van der Waals surface area contributed by atoms with Crippen LogP contribution >= 0.6 is 11.6 Å². The van der Waals surface area contributed by atoms with Crippen molar-refractivity contribution < 1.29 is 23.6 Å². The van der Waals surface area contributed by atoms with E-state index in [9.17, 15) is 4.79 Å². The predicted molar refractivity (Wildman–Crippen MR) is 151 cm³/mol. The first kappa shape index (κ1) is 27.0. The number of nitrogens with zero attached hydrogens (tertiary/aromatic N) is 3. The molecule has 2 saturated heterocycles. The topological polar surface area (TPSA) is 75.1 Å². The van der Waals surface area contributed by atoms with Crippen LogP contribution in [0.2, 0.25) is 5.02 Å². The lowest BCUT2D eigenvalue weighted by Gasteiger charge is -2.32. The average Bonchev–Trinajstić information content (AvgIpc) is 3.30. The van der Waals surface area contributed by atoms with Gasteiger partial charge in [0.1, 0.15) is 11.4 Å². The smallest absolute Gasteiger partial charge is 0.443 e. The number of pyridine rings is 1. The van der Waals surface area contributed by atoms with Crippen LogP contribution in [0, 0.1) is 0 Å². The van der Waals surface area contributed by atoms with Crippen LogP contribution in [-0.2, 0) is 18.8 Å². The second kappa shape index (κ2) is 9.56. The van der Waals surface area contributed by atoms with Crippen molar-refractivity contribution in [2.75, 3.05) is 31.2 Å². The molecule has 0 atom stereocenters. The number of fused-ring (bicyclic) bond motifs is 1. The Bertz CT molecular complexity index is 1340. The number of morpholine rings is 1. The SMILES string of the molecule is CC(C)(C)OC(=O)n1c(-c2ccc(N3CCOCC3)nc2)cc2cc(B3OC(C)(C)C(C)(C)O3)c(Cl)cc21. The lowest BCUT2D eigenvalue weighted by molar-refractivity contribution is 0.00578. The van der Waals surface area contributed by atoms with Crippen LogP contribution in [0.15, 0.2) is 36.5 Å². The Labute approximate surface area is 229 Å². The zero-order valence-electron chi connectivity index (χ0n) is 23.1. The van der Waals surface area contributed by atoms with Crippen molar-refractivity contribution in [3.8, 4) is 11.3 Å². The monoisotopic (exact) mass is 539 g/mol. The molecule has 1 aromatic carbocycles. The fourth-order valence-electron chi connectivity index (χ4n) is 4.63. The van der Waals surface area contributed by atoms with E-state index in [0.717, 1.165) is 29.9 Å². The van der Waals surface area contributed by atoms with E-state index < -0.39 is 30.0 Å². The third-order valence-electron chi connectivity index (χ3n) is 7.38. The molecule has 5 rings (SSSR count). The number of carbonyl (C=O) groups is 1. The first-order chi connectivity index (χ1) is 17.8. The highest BCUT2D eigenvalue weighted by Gasteiger charge is 2.52. The molecule has 2 aromatic heterocycles. The van der Waals surface area contributed by atoms with Crippen molar-refractivity contribution in [3.05, 3.63) is 41.6 Å². The van der Waals surface area contributed by atoms with Gasteiger partial charge in [-0.3, -0.25) is 0 Å². The van der Waals surface area contributed by atoms with Crippen LogP contribution in [0.4, 0.5) is 10.6 Å². The molecule has 2 fully saturated rings. The number of rotatable bonds is 3. The molecule has 202 valence electrons. The van der Waals surface area contributed by atoms with Gasteiger partial charge in [-0.25, -0.2) is 14.3 Å². The lowest BCUT2D eigenvalue weighted by atomic mass is 9.78. The van der Waals surface area contributed by atoms with Gasteiger partial charge in [0.05, 0.1) is 35.6 Å². The van der Waals surface area contributed by atoms with Crippen LogP contribution in [0.5, 0.6) is 0 Å². The minimum absolute atomic E-state index is 0.450. The molecule has 4 heterocycles. The van der Waals surface area contributed by atoms with Crippen LogP contribution < -0.4 is 10.4 Å². The van der Waals surface area contributed by atoms with Crippen LogP contribution in [0.25, 0.3) is 22.2 Å². The van der Waals surface area contributed by atoms with Crippen LogP contribution in [0.1, 0.15) is 48.5 Å². The molecule has 38 heavy (non-hydrogen) atoms. The summed E-state index contributed by atoms with van der Waals surface area (Å²) in [5.41, 5.74) is 1.13. The standard InChI is InChI=1S/C28H35BClN3O5/c1-26(2,3)36-25(34)33-22(18-8-9-24(31-17-18)32-10-12-35-13-11-32)15-19-14-20(21(30)16-23(19)33)29-37-27(4,5)28(6,7)38-29/h8-9,14-17H,10-13H2,1-7H3. The molecule has 0 saturated carbocycles. The van der Waals surface area contributed by atoms with Gasteiger partial charge in [0.25, 0.3) is 0 Å². The fraction of sp³-hybridized carbons (Fsp3) is 0.500. The van der Waals surface area contributed by atoms with E-state index in [2.05, 4.69) is 4.90 Å². The zero-order valence-corrected chi connectivity index (χ0v) is 23.9. The summed E-state index contributed by atoms with van der Waals surface area (Å²) in [4.78, 5) is 20.4. The van der Waals surface area contributed by atoms with Crippen LogP contribution in [0.3, 0.4) is 0 Å². The Hall–Kier alpha value is -2.59. The number of aromatic nitrogens is 2. The van der Waals surface area contributed by atoms with E-state index in [1.54, 1.807) is 16.8 Å². The fourth-order valence-corrected chi connectivity index (χ4v) is 4.88. The summed E-state index contributed by atoms with van der Waals surface area (Å²) in [5.74, 6) is 0.878. The summed E-state index contributed by atoms with van der Waals surface area (Å²) in [6.45, 7) is 16.5. The van der Waals surface area contributed by atoms with Gasteiger partial charge in [-0.1, -0.05) is 17.7 Å². The predicted octanol–water partition coefficient (Wildman–Crippen LogP) is 5.28. The molecule has 2 aliphatic heterocycles. The largest absolute Gasteiger partial charge is 0.496 e. The molecule has 0 unspecified atom stereocenters. The summed E-state index contributed by atoms with van der Waals surface area (Å²) in [6.07, 6.45) is 1.30. The van der Waals surface area contributed by atoms with Gasteiger partial charge in [0.15, 0.2) is 0 Å². The summed E-state index contributed by atoms with van der Waals surface area (Å²) in [6, 6.07) is 9.61. The first-order valence-corrected chi connectivity index (χ1v) is 13.4. The zero-order chi connectivity index (χ0) is 27.5. The Kier molecular flexibility index (Phi) is 6.79. The van der Waals surface area contributed by atoms with Crippen molar-refractivity contribution in [2.24, 2.45) is 0 Å². The maximum atomic E-state index is 13.5. The molecule has 8 nitrogen and oxygen atoms in total. The van der Waals surface area contributed by atoms with Crippen molar-refractivity contribution in [3.63, 3.8) is 0 Å². The number of ether oxygens (including phenoxy) is 2. The number of anilines is 1. The van der Waals surface area contributed by atoms with Gasteiger partial charge in [0.2, 0.25) is 0 Å². The molecule has 0 bridgehead atoms. The van der Waals surface area contributed by atoms with E-state index in [0.29, 0.717) is 34.9 Å². The van der Waals surface area contributed by atoms with Gasteiger partial charge >= 0.3 is 13.2 Å². The summed E-state index contributed by atoms with van der Waals surface area (Å²) in [7, 11) is -0.625. The van der Waals surface area contributed by atoms with Gasteiger partial charge in [0, 0.05) is 40.7 Å². The Morgan fingerprint density at radius 3 is 2.29 bits per heavy atom. The quantitative estimate of drug-likeness (QED) is 0.419. The molecule has 10 heteroatoms.